The average Bonchev–Trinajstić information content (AvgIpc) is 3.31. The lowest BCUT2D eigenvalue weighted by molar-refractivity contribution is -0.137. The van der Waals surface area contributed by atoms with Gasteiger partial charge >= 0.3 is 12.0 Å². The number of aliphatic carboxylic acids is 1. The average molecular weight is 489 g/mol. The summed E-state index contributed by atoms with van der Waals surface area (Å²) >= 11 is 0. The summed E-state index contributed by atoms with van der Waals surface area (Å²) in [4.78, 5) is 24.8. The number of aryl methyl sites for hydroxylation is 1. The fraction of sp³-hybridized carbons (Fsp3) is 0.346. The van der Waals surface area contributed by atoms with Crippen LogP contribution in [-0.2, 0) is 17.6 Å². The van der Waals surface area contributed by atoms with Crippen LogP contribution in [0.5, 0.6) is 11.8 Å². The molecule has 3 aromatic heterocycles. The minimum atomic E-state index is -0.941. The van der Waals surface area contributed by atoms with E-state index in [1.807, 2.05) is 31.2 Å². The molecule has 10 heteroatoms. The van der Waals surface area contributed by atoms with Crippen LogP contribution in [0.25, 0.3) is 10.9 Å². The van der Waals surface area contributed by atoms with E-state index < -0.39 is 12.0 Å². The van der Waals surface area contributed by atoms with Crippen molar-refractivity contribution >= 4 is 22.6 Å². The van der Waals surface area contributed by atoms with Crippen LogP contribution in [0.4, 0.5) is 5.69 Å². The first-order chi connectivity index (χ1) is 17.6. The topological polar surface area (TPSA) is 124 Å². The van der Waals surface area contributed by atoms with Crippen LogP contribution >= 0.6 is 0 Å². The molecule has 186 valence electrons. The van der Waals surface area contributed by atoms with E-state index in [-0.39, 0.29) is 12.4 Å². The quantitative estimate of drug-likeness (QED) is 0.344. The molecule has 10 nitrogen and oxygen atoms in total. The Kier molecular flexibility index (Phi) is 6.92. The molecule has 1 aromatic carbocycles. The second-order valence-electron chi connectivity index (χ2n) is 8.58. The molecule has 0 bridgehead atoms. The molecule has 0 unspecified atom stereocenters. The fourth-order valence-corrected chi connectivity index (χ4v) is 4.37. The summed E-state index contributed by atoms with van der Waals surface area (Å²) in [5.74, 6) is -0.218. The number of carboxylic acids is 1. The number of ether oxygens (including phenoxy) is 2. The first kappa shape index (κ1) is 23.5. The lowest BCUT2D eigenvalue weighted by Crippen LogP contribution is -2.17. The molecule has 0 saturated heterocycles. The third kappa shape index (κ3) is 5.22. The normalized spacial score (nSPS) is 13.6. The summed E-state index contributed by atoms with van der Waals surface area (Å²) in [6, 6.07) is 9.51. The number of hydrogen-bond acceptors (Lipinski definition) is 8. The maximum Gasteiger partial charge on any atom is 0.316 e. The molecule has 0 spiro atoms. The number of pyridine rings is 1. The first-order valence-electron chi connectivity index (χ1n) is 12.1. The molecular formula is C26H28N6O4. The maximum absolute atomic E-state index is 11.6. The molecule has 5 rings (SSSR count). The van der Waals surface area contributed by atoms with Crippen LogP contribution < -0.4 is 14.8 Å². The van der Waals surface area contributed by atoms with Gasteiger partial charge in [0.05, 0.1) is 48.8 Å². The fourth-order valence-electron chi connectivity index (χ4n) is 4.37. The number of anilines is 1. The standard InChI is InChI=1S/C26H28N6O4/c1-2-35-26-28-14-18(15-29-26)24(13-25(33)34)32-23-8-6-20(12-17(23)16-30-32)36-11-9-19-5-7-21-22(31-19)4-3-10-27-21/h5-8,12,14-16,24,27H,2-4,9-11,13H2,1H3,(H,33,34)/t24-/m0/s1. The first-order valence-corrected chi connectivity index (χ1v) is 12.1. The molecule has 2 N–H and O–H groups in total. The summed E-state index contributed by atoms with van der Waals surface area (Å²) in [5.41, 5.74) is 4.71. The molecule has 0 amide bonds. The van der Waals surface area contributed by atoms with Crippen molar-refractivity contribution in [1.82, 2.24) is 24.7 Å². The van der Waals surface area contributed by atoms with Gasteiger partial charge in [-0.1, -0.05) is 0 Å². The van der Waals surface area contributed by atoms with Gasteiger partial charge in [-0.05, 0) is 50.1 Å². The Hall–Kier alpha value is -4.21. The molecule has 0 radical (unpaired) electrons. The van der Waals surface area contributed by atoms with E-state index in [1.165, 1.54) is 0 Å². The van der Waals surface area contributed by atoms with Gasteiger partial charge in [0.15, 0.2) is 0 Å². The van der Waals surface area contributed by atoms with Crippen molar-refractivity contribution in [3.63, 3.8) is 0 Å². The molecule has 1 aliphatic heterocycles. The van der Waals surface area contributed by atoms with Gasteiger partial charge in [0.2, 0.25) is 0 Å². The van der Waals surface area contributed by atoms with Crippen LogP contribution in [0.2, 0.25) is 0 Å². The Morgan fingerprint density at radius 1 is 1.17 bits per heavy atom. The van der Waals surface area contributed by atoms with Gasteiger partial charge in [-0.15, -0.1) is 0 Å². The van der Waals surface area contributed by atoms with Gasteiger partial charge in [0.1, 0.15) is 5.75 Å². The van der Waals surface area contributed by atoms with Gasteiger partial charge in [-0.3, -0.25) is 14.5 Å². The number of rotatable bonds is 10. The highest BCUT2D eigenvalue weighted by Crippen LogP contribution is 2.28. The monoisotopic (exact) mass is 488 g/mol. The van der Waals surface area contributed by atoms with E-state index in [1.54, 1.807) is 23.3 Å². The van der Waals surface area contributed by atoms with Gasteiger partial charge in [0.25, 0.3) is 0 Å². The molecule has 36 heavy (non-hydrogen) atoms. The zero-order valence-electron chi connectivity index (χ0n) is 20.1. The van der Waals surface area contributed by atoms with Crippen molar-refractivity contribution in [1.29, 1.82) is 0 Å². The minimum absolute atomic E-state index is 0.157. The van der Waals surface area contributed by atoms with Gasteiger partial charge in [-0.2, -0.15) is 5.10 Å². The summed E-state index contributed by atoms with van der Waals surface area (Å²) in [5, 5.41) is 18.2. The molecular weight excluding hydrogens is 460 g/mol. The van der Waals surface area contributed by atoms with E-state index in [2.05, 4.69) is 26.4 Å². The van der Waals surface area contributed by atoms with Crippen molar-refractivity contribution in [2.24, 2.45) is 0 Å². The van der Waals surface area contributed by atoms with Crippen LogP contribution in [-0.4, -0.2) is 55.6 Å². The predicted octanol–water partition coefficient (Wildman–Crippen LogP) is 3.66. The van der Waals surface area contributed by atoms with Crippen LogP contribution in [0.3, 0.4) is 0 Å². The van der Waals surface area contributed by atoms with Crippen LogP contribution in [0.1, 0.15) is 42.8 Å². The van der Waals surface area contributed by atoms with Crippen molar-refractivity contribution < 1.29 is 19.4 Å². The van der Waals surface area contributed by atoms with Crippen LogP contribution in [0, 0.1) is 0 Å². The minimum Gasteiger partial charge on any atom is -0.493 e. The molecule has 0 saturated carbocycles. The second-order valence-corrected chi connectivity index (χ2v) is 8.58. The second kappa shape index (κ2) is 10.6. The Morgan fingerprint density at radius 3 is 2.83 bits per heavy atom. The summed E-state index contributed by atoms with van der Waals surface area (Å²) in [6.07, 6.45) is 7.54. The number of nitrogens with zero attached hydrogens (tertiary/aromatic N) is 5. The number of fused-ring (bicyclic) bond motifs is 2. The van der Waals surface area contributed by atoms with Crippen molar-refractivity contribution in [2.45, 2.75) is 38.6 Å². The molecule has 1 aliphatic rings. The molecule has 4 aromatic rings. The highest BCUT2D eigenvalue weighted by atomic mass is 16.5. The maximum atomic E-state index is 11.6. The van der Waals surface area contributed by atoms with E-state index >= 15 is 0 Å². The number of hydrogen-bond donors (Lipinski definition) is 2. The number of nitrogens with one attached hydrogen (secondary N) is 1. The SMILES string of the molecule is CCOc1ncc([C@H](CC(=O)O)n2ncc3cc(OCCc4ccc5c(n4)CCCN5)ccc32)cn1. The van der Waals surface area contributed by atoms with E-state index in [9.17, 15) is 9.90 Å². The Morgan fingerprint density at radius 2 is 2.03 bits per heavy atom. The highest BCUT2D eigenvalue weighted by molar-refractivity contribution is 5.81. The highest BCUT2D eigenvalue weighted by Gasteiger charge is 2.22. The van der Waals surface area contributed by atoms with E-state index in [4.69, 9.17) is 14.5 Å². The van der Waals surface area contributed by atoms with E-state index in [0.717, 1.165) is 53.1 Å². The van der Waals surface area contributed by atoms with Gasteiger partial charge in [-0.25, -0.2) is 9.97 Å². The predicted molar refractivity (Wildman–Crippen MR) is 134 cm³/mol. The molecule has 0 aliphatic carbocycles. The lowest BCUT2D eigenvalue weighted by atomic mass is 10.1. The number of benzene rings is 1. The van der Waals surface area contributed by atoms with Crippen molar-refractivity contribution in [2.75, 3.05) is 25.1 Å². The van der Waals surface area contributed by atoms with Gasteiger partial charge in [0, 0.05) is 42.0 Å². The van der Waals surface area contributed by atoms with Crippen molar-refractivity contribution in [3.05, 3.63) is 65.9 Å². The Labute approximate surface area is 208 Å². The summed E-state index contributed by atoms with van der Waals surface area (Å²) in [6.45, 7) is 3.81. The smallest absolute Gasteiger partial charge is 0.316 e. The third-order valence-corrected chi connectivity index (χ3v) is 6.10. The van der Waals surface area contributed by atoms with Crippen molar-refractivity contribution in [3.8, 4) is 11.8 Å². The van der Waals surface area contributed by atoms with Crippen LogP contribution in [0.15, 0.2) is 48.9 Å². The zero-order chi connectivity index (χ0) is 24.9. The Bertz CT molecular complexity index is 1350. The lowest BCUT2D eigenvalue weighted by Gasteiger charge is -2.17. The van der Waals surface area contributed by atoms with Gasteiger partial charge < -0.3 is 19.9 Å². The number of carboxylic acid groups (broad SMARTS) is 1. The number of aromatic nitrogens is 5. The van der Waals surface area contributed by atoms with E-state index in [0.29, 0.717) is 25.2 Å². The Balaban J connectivity index is 1.30. The largest absolute Gasteiger partial charge is 0.493 e. The molecule has 0 fully saturated rings. The summed E-state index contributed by atoms with van der Waals surface area (Å²) < 4.78 is 13.0. The summed E-state index contributed by atoms with van der Waals surface area (Å²) in [7, 11) is 0. The molecule has 1 atom stereocenters. The zero-order valence-corrected chi connectivity index (χ0v) is 20.1. The third-order valence-electron chi connectivity index (χ3n) is 6.10. The number of carbonyl (C=O) groups is 1. The molecule has 4 heterocycles.